The molecule has 0 aromatic heterocycles. The molecule has 0 bridgehead atoms. The summed E-state index contributed by atoms with van der Waals surface area (Å²) in [5.41, 5.74) is 9.81. The van der Waals surface area contributed by atoms with Gasteiger partial charge in [0.05, 0.1) is 52.1 Å². The molecular formula is C26H52N2O8. The molecule has 0 atom stereocenters. The lowest BCUT2D eigenvalue weighted by Gasteiger charge is -2.08. The Morgan fingerprint density at radius 1 is 0.444 bits per heavy atom. The summed E-state index contributed by atoms with van der Waals surface area (Å²) in [4.78, 5) is 44.6. The fraction of sp³-hybridized carbons (Fsp3) is 0.846. The van der Waals surface area contributed by atoms with Crippen molar-refractivity contribution in [2.45, 2.75) is 81.1 Å². The van der Waals surface area contributed by atoms with Crippen molar-refractivity contribution >= 4 is 23.9 Å². The second kappa shape index (κ2) is 25.9. The van der Waals surface area contributed by atoms with E-state index in [4.69, 9.17) is 30.4 Å². The molecule has 0 aliphatic heterocycles. The lowest BCUT2D eigenvalue weighted by molar-refractivity contribution is -0.151. The molecule has 0 fully saturated rings. The number of esters is 4. The maximum atomic E-state index is 11.2. The number of carbonyl (C=O) groups is 4. The van der Waals surface area contributed by atoms with Gasteiger partial charge < -0.3 is 30.4 Å². The molecule has 36 heavy (non-hydrogen) atoms. The number of carbonyl (C=O) groups excluding carboxylic acids is 4. The first-order valence-electron chi connectivity index (χ1n) is 12.8. The van der Waals surface area contributed by atoms with Crippen LogP contribution in [-0.4, -0.2) is 63.4 Å². The largest absolute Gasteiger partial charge is 0.465 e. The Hall–Kier alpha value is -2.20. The molecule has 0 unspecified atom stereocenters. The molecule has 0 aliphatic carbocycles. The van der Waals surface area contributed by atoms with E-state index >= 15 is 0 Å². The zero-order chi connectivity index (χ0) is 28.5. The van der Waals surface area contributed by atoms with E-state index < -0.39 is 0 Å². The van der Waals surface area contributed by atoms with Crippen LogP contribution in [0.25, 0.3) is 0 Å². The third kappa shape index (κ3) is 36.4. The second-order valence-electron chi connectivity index (χ2n) is 9.88. The van der Waals surface area contributed by atoms with Crippen LogP contribution in [-0.2, 0) is 38.1 Å². The van der Waals surface area contributed by atoms with Crippen LogP contribution < -0.4 is 11.5 Å². The standard InChI is InChI=1S/2C12H22O4.C2H8N2/c2*1-9(2)7-15-11(13)5-6-12(14)16-8-10(3)4;3-1-2-4/h2*9-10H,5-8H2,1-4H3;1-4H2. The summed E-state index contributed by atoms with van der Waals surface area (Å²) in [5, 5.41) is 0. The maximum absolute atomic E-state index is 11.2. The van der Waals surface area contributed by atoms with Gasteiger partial charge in [-0.1, -0.05) is 55.4 Å². The molecule has 0 radical (unpaired) electrons. The van der Waals surface area contributed by atoms with Gasteiger partial charge in [-0.2, -0.15) is 0 Å². The highest BCUT2D eigenvalue weighted by Crippen LogP contribution is 2.02. The van der Waals surface area contributed by atoms with Crippen LogP contribution in [0, 0.1) is 23.7 Å². The van der Waals surface area contributed by atoms with Gasteiger partial charge in [-0.05, 0) is 23.7 Å². The first-order chi connectivity index (χ1) is 16.7. The normalized spacial score (nSPS) is 10.3. The monoisotopic (exact) mass is 520 g/mol. The Morgan fingerprint density at radius 2 is 0.611 bits per heavy atom. The van der Waals surface area contributed by atoms with Gasteiger partial charge in [0.2, 0.25) is 0 Å². The minimum absolute atomic E-state index is 0.101. The molecule has 10 nitrogen and oxygen atoms in total. The fourth-order valence-electron chi connectivity index (χ4n) is 1.74. The summed E-state index contributed by atoms with van der Waals surface area (Å²) in [6, 6.07) is 0. The van der Waals surface area contributed by atoms with Gasteiger partial charge >= 0.3 is 23.9 Å². The Balaban J connectivity index is -0.000000526. The highest BCUT2D eigenvalue weighted by molar-refractivity contribution is 5.78. The number of nitrogens with two attached hydrogens (primary N) is 2. The minimum Gasteiger partial charge on any atom is -0.465 e. The van der Waals surface area contributed by atoms with Crippen LogP contribution in [0.1, 0.15) is 81.1 Å². The van der Waals surface area contributed by atoms with Crippen LogP contribution in [0.4, 0.5) is 0 Å². The molecule has 10 heteroatoms. The van der Waals surface area contributed by atoms with Crippen molar-refractivity contribution in [3.8, 4) is 0 Å². The van der Waals surface area contributed by atoms with E-state index in [0.717, 1.165) is 0 Å². The van der Waals surface area contributed by atoms with Crippen molar-refractivity contribution in [2.24, 2.45) is 35.1 Å². The van der Waals surface area contributed by atoms with Crippen molar-refractivity contribution in [1.82, 2.24) is 0 Å². The van der Waals surface area contributed by atoms with E-state index in [1.54, 1.807) is 0 Å². The molecule has 0 rings (SSSR count). The van der Waals surface area contributed by atoms with Gasteiger partial charge in [0, 0.05) is 13.1 Å². The summed E-state index contributed by atoms with van der Waals surface area (Å²) in [6.07, 6.45) is 0.403. The molecule has 0 aromatic carbocycles. The van der Waals surface area contributed by atoms with Crippen molar-refractivity contribution in [2.75, 3.05) is 39.5 Å². The number of rotatable bonds is 15. The van der Waals surface area contributed by atoms with Gasteiger partial charge in [0.1, 0.15) is 0 Å². The third-order valence-electron chi connectivity index (χ3n) is 3.54. The zero-order valence-electron chi connectivity index (χ0n) is 23.8. The van der Waals surface area contributed by atoms with E-state index in [-0.39, 0.29) is 49.6 Å². The van der Waals surface area contributed by atoms with E-state index in [0.29, 0.717) is 63.2 Å². The fourth-order valence-corrected chi connectivity index (χ4v) is 1.74. The van der Waals surface area contributed by atoms with Gasteiger partial charge in [0.15, 0.2) is 0 Å². The molecule has 0 amide bonds. The zero-order valence-corrected chi connectivity index (χ0v) is 23.8. The third-order valence-corrected chi connectivity index (χ3v) is 3.54. The molecule has 214 valence electrons. The average Bonchev–Trinajstić information content (AvgIpc) is 2.81. The van der Waals surface area contributed by atoms with Crippen LogP contribution in [0.5, 0.6) is 0 Å². The topological polar surface area (TPSA) is 157 Å². The molecule has 0 heterocycles. The van der Waals surface area contributed by atoms with E-state index in [2.05, 4.69) is 0 Å². The van der Waals surface area contributed by atoms with Crippen molar-refractivity contribution in [3.63, 3.8) is 0 Å². The highest BCUT2D eigenvalue weighted by Gasteiger charge is 2.11. The molecule has 0 aliphatic rings. The summed E-state index contributed by atoms with van der Waals surface area (Å²) >= 11 is 0. The van der Waals surface area contributed by atoms with E-state index in [1.165, 1.54) is 0 Å². The first kappa shape index (κ1) is 38.3. The number of ether oxygens (including phenoxy) is 4. The van der Waals surface area contributed by atoms with Crippen LogP contribution in [0.3, 0.4) is 0 Å². The summed E-state index contributed by atoms with van der Waals surface area (Å²) in [6.45, 7) is 18.5. The highest BCUT2D eigenvalue weighted by atomic mass is 16.5. The predicted molar refractivity (Wildman–Crippen MR) is 140 cm³/mol. The van der Waals surface area contributed by atoms with Crippen LogP contribution in [0.15, 0.2) is 0 Å². The number of hydrogen-bond acceptors (Lipinski definition) is 10. The molecular weight excluding hydrogens is 468 g/mol. The summed E-state index contributed by atoms with van der Waals surface area (Å²) in [7, 11) is 0. The molecule has 4 N–H and O–H groups in total. The molecule has 0 saturated heterocycles. The maximum Gasteiger partial charge on any atom is 0.306 e. The Kier molecular flexibility index (Phi) is 27.6. The van der Waals surface area contributed by atoms with Gasteiger partial charge in [-0.3, -0.25) is 19.2 Å². The average molecular weight is 521 g/mol. The summed E-state index contributed by atoms with van der Waals surface area (Å²) < 4.78 is 19.7. The Labute approximate surface area is 218 Å². The Bertz CT molecular complexity index is 480. The van der Waals surface area contributed by atoms with Crippen molar-refractivity contribution in [1.29, 1.82) is 0 Å². The Morgan fingerprint density at radius 3 is 0.722 bits per heavy atom. The molecule has 0 spiro atoms. The molecule has 0 aromatic rings. The van der Waals surface area contributed by atoms with Gasteiger partial charge in [-0.25, -0.2) is 0 Å². The van der Waals surface area contributed by atoms with Gasteiger partial charge in [0.25, 0.3) is 0 Å². The quantitative estimate of drug-likeness (QED) is 0.242. The van der Waals surface area contributed by atoms with Crippen LogP contribution >= 0.6 is 0 Å². The molecule has 0 saturated carbocycles. The smallest absolute Gasteiger partial charge is 0.306 e. The minimum atomic E-state index is -0.338. The second-order valence-corrected chi connectivity index (χ2v) is 9.88. The number of hydrogen-bond donors (Lipinski definition) is 2. The van der Waals surface area contributed by atoms with Gasteiger partial charge in [-0.15, -0.1) is 0 Å². The van der Waals surface area contributed by atoms with Crippen molar-refractivity contribution in [3.05, 3.63) is 0 Å². The SMILES string of the molecule is CC(C)COC(=O)CCC(=O)OCC(C)C.CC(C)COC(=O)CCC(=O)OCC(C)C.NCCN. The van der Waals surface area contributed by atoms with E-state index in [9.17, 15) is 19.2 Å². The van der Waals surface area contributed by atoms with Crippen molar-refractivity contribution < 1.29 is 38.1 Å². The lowest BCUT2D eigenvalue weighted by atomic mass is 10.2. The van der Waals surface area contributed by atoms with E-state index in [1.807, 2.05) is 55.4 Å². The lowest BCUT2D eigenvalue weighted by Crippen LogP contribution is -2.14. The predicted octanol–water partition coefficient (Wildman–Crippen LogP) is 3.23. The first-order valence-corrected chi connectivity index (χ1v) is 12.8. The summed E-state index contributed by atoms with van der Waals surface area (Å²) in [5.74, 6) is -0.0850. The van der Waals surface area contributed by atoms with Crippen LogP contribution in [0.2, 0.25) is 0 Å².